The van der Waals surface area contributed by atoms with Gasteiger partial charge in [-0.15, -0.1) is 5.10 Å². The van der Waals surface area contributed by atoms with Crippen LogP contribution in [0.5, 0.6) is 0 Å². The summed E-state index contributed by atoms with van der Waals surface area (Å²) in [5, 5.41) is 13.0. The first-order chi connectivity index (χ1) is 17.8. The van der Waals surface area contributed by atoms with Gasteiger partial charge < -0.3 is 10.6 Å². The number of benzene rings is 3. The van der Waals surface area contributed by atoms with E-state index >= 15 is 0 Å². The van der Waals surface area contributed by atoms with E-state index in [0.717, 1.165) is 27.9 Å². The average Bonchev–Trinajstić information content (AvgIpc) is 3.28. The summed E-state index contributed by atoms with van der Waals surface area (Å²) in [7, 11) is 0. The van der Waals surface area contributed by atoms with E-state index in [1.54, 1.807) is 4.68 Å². The van der Waals surface area contributed by atoms with Crippen LogP contribution in [0.4, 0.5) is 11.6 Å². The highest BCUT2D eigenvalue weighted by molar-refractivity contribution is 7.98. The number of carbonyl (C=O) groups excluding carboxylic acids is 1. The quantitative estimate of drug-likeness (QED) is 0.245. The van der Waals surface area contributed by atoms with Crippen molar-refractivity contribution in [2.45, 2.75) is 37.7 Å². The Morgan fingerprint density at radius 2 is 1.73 bits per heavy atom. The summed E-state index contributed by atoms with van der Waals surface area (Å²) in [6, 6.07) is 20.5. The number of carbonyl (C=O) groups is 1. The summed E-state index contributed by atoms with van der Waals surface area (Å²) in [6.45, 7) is 5.89. The van der Waals surface area contributed by atoms with Gasteiger partial charge in [0.1, 0.15) is 6.04 Å². The summed E-state index contributed by atoms with van der Waals surface area (Å²) in [5.41, 5.74) is 5.87. The molecule has 37 heavy (non-hydrogen) atoms. The van der Waals surface area contributed by atoms with E-state index in [-0.39, 0.29) is 5.91 Å². The zero-order valence-corrected chi connectivity index (χ0v) is 22.9. The SMILES string of the molecule is CC1=C(C(=O)Nc2cccc(C)c2C)C(c2ccccc2Cl)n2nc(SCc3ccccc3Cl)nc2N1. The minimum atomic E-state index is -0.558. The Morgan fingerprint density at radius 1 is 1.00 bits per heavy atom. The molecule has 0 spiro atoms. The Kier molecular flexibility index (Phi) is 7.29. The van der Waals surface area contributed by atoms with Gasteiger partial charge in [0, 0.05) is 32.7 Å². The molecule has 1 aliphatic heterocycles. The number of halogens is 2. The Morgan fingerprint density at radius 3 is 2.49 bits per heavy atom. The van der Waals surface area contributed by atoms with Gasteiger partial charge in [-0.05, 0) is 55.7 Å². The van der Waals surface area contributed by atoms with E-state index in [1.807, 2.05) is 87.5 Å². The molecule has 0 saturated carbocycles. The van der Waals surface area contributed by atoms with Gasteiger partial charge in [-0.2, -0.15) is 4.98 Å². The first-order valence-corrected chi connectivity index (χ1v) is 13.5. The highest BCUT2D eigenvalue weighted by Gasteiger charge is 2.35. The van der Waals surface area contributed by atoms with Crippen LogP contribution in [0.1, 0.15) is 35.2 Å². The fourth-order valence-corrected chi connectivity index (χ4v) is 5.66. The van der Waals surface area contributed by atoms with E-state index in [2.05, 4.69) is 10.6 Å². The number of aryl methyl sites for hydroxylation is 1. The second kappa shape index (κ2) is 10.6. The van der Waals surface area contributed by atoms with Gasteiger partial charge in [-0.1, -0.05) is 83.5 Å². The maximum absolute atomic E-state index is 13.8. The van der Waals surface area contributed by atoms with E-state index in [9.17, 15) is 4.79 Å². The molecule has 1 amide bonds. The molecule has 6 nitrogen and oxygen atoms in total. The number of hydrogen-bond donors (Lipinski definition) is 2. The molecular weight excluding hydrogens is 525 g/mol. The molecule has 0 fully saturated rings. The van der Waals surface area contributed by atoms with Crippen molar-refractivity contribution in [1.29, 1.82) is 0 Å². The minimum absolute atomic E-state index is 0.227. The molecule has 0 bridgehead atoms. The van der Waals surface area contributed by atoms with Crippen LogP contribution in [0, 0.1) is 13.8 Å². The molecule has 9 heteroatoms. The molecule has 1 atom stereocenters. The van der Waals surface area contributed by atoms with Gasteiger partial charge in [-0.25, -0.2) is 4.68 Å². The number of amides is 1. The van der Waals surface area contributed by atoms with Crippen LogP contribution in [0.2, 0.25) is 10.0 Å². The molecule has 1 aromatic heterocycles. The van der Waals surface area contributed by atoms with Gasteiger partial charge in [0.05, 0.1) is 5.57 Å². The Bertz CT molecular complexity index is 1530. The van der Waals surface area contributed by atoms with Crippen LogP contribution >= 0.6 is 35.0 Å². The van der Waals surface area contributed by atoms with Gasteiger partial charge in [0.15, 0.2) is 0 Å². The van der Waals surface area contributed by atoms with Crippen molar-refractivity contribution in [3.05, 3.63) is 110 Å². The first-order valence-electron chi connectivity index (χ1n) is 11.8. The van der Waals surface area contributed by atoms with Crippen LogP contribution in [0.25, 0.3) is 0 Å². The molecule has 0 radical (unpaired) electrons. The molecule has 0 saturated heterocycles. The lowest BCUT2D eigenvalue weighted by molar-refractivity contribution is -0.113. The van der Waals surface area contributed by atoms with Crippen molar-refractivity contribution in [2.75, 3.05) is 10.6 Å². The predicted octanol–water partition coefficient (Wildman–Crippen LogP) is 7.42. The fourth-order valence-electron chi connectivity index (χ4n) is 4.30. The molecule has 5 rings (SSSR count). The number of nitrogens with zero attached hydrogens (tertiary/aromatic N) is 3. The van der Waals surface area contributed by atoms with Crippen molar-refractivity contribution >= 4 is 52.5 Å². The predicted molar refractivity (Wildman–Crippen MR) is 151 cm³/mol. The van der Waals surface area contributed by atoms with Crippen molar-refractivity contribution in [2.24, 2.45) is 0 Å². The number of thioether (sulfide) groups is 1. The van der Waals surface area contributed by atoms with Crippen LogP contribution in [0.3, 0.4) is 0 Å². The van der Waals surface area contributed by atoms with E-state index in [0.29, 0.717) is 38.2 Å². The molecule has 2 heterocycles. The average molecular weight is 551 g/mol. The van der Waals surface area contributed by atoms with Crippen LogP contribution < -0.4 is 10.6 Å². The van der Waals surface area contributed by atoms with Crippen LogP contribution in [-0.4, -0.2) is 20.7 Å². The topological polar surface area (TPSA) is 71.8 Å². The summed E-state index contributed by atoms with van der Waals surface area (Å²) in [6.07, 6.45) is 0. The number of hydrogen-bond acceptors (Lipinski definition) is 5. The van der Waals surface area contributed by atoms with Crippen molar-refractivity contribution in [3.8, 4) is 0 Å². The number of fused-ring (bicyclic) bond motifs is 1. The standard InChI is InChI=1S/C28H25Cl2N5OS/c1-16-9-8-14-23(17(16)2)32-26(36)24-18(3)31-27-33-28(37-15-19-10-4-6-12-21(19)29)34-35(27)25(24)20-11-5-7-13-22(20)30/h4-14,25H,15H2,1-3H3,(H,32,36)(H,31,33,34). The fraction of sp³-hybridized carbons (Fsp3) is 0.179. The van der Waals surface area contributed by atoms with Gasteiger partial charge in [-0.3, -0.25) is 4.79 Å². The summed E-state index contributed by atoms with van der Waals surface area (Å²) >= 11 is 14.5. The molecule has 0 aliphatic carbocycles. The molecule has 4 aromatic rings. The maximum atomic E-state index is 13.8. The van der Waals surface area contributed by atoms with Crippen molar-refractivity contribution in [3.63, 3.8) is 0 Å². The number of nitrogens with one attached hydrogen (secondary N) is 2. The lowest BCUT2D eigenvalue weighted by Crippen LogP contribution is -2.31. The third-order valence-corrected chi connectivity index (χ3v) is 8.04. The van der Waals surface area contributed by atoms with Crippen molar-refractivity contribution in [1.82, 2.24) is 14.8 Å². The van der Waals surface area contributed by atoms with E-state index in [1.165, 1.54) is 11.8 Å². The first kappa shape index (κ1) is 25.4. The molecule has 1 unspecified atom stereocenters. The Balaban J connectivity index is 1.52. The molecular formula is C28H25Cl2N5OS. The van der Waals surface area contributed by atoms with Gasteiger partial charge in [0.2, 0.25) is 11.1 Å². The highest BCUT2D eigenvalue weighted by atomic mass is 35.5. The van der Waals surface area contributed by atoms with Gasteiger partial charge >= 0.3 is 0 Å². The van der Waals surface area contributed by atoms with Crippen LogP contribution in [0.15, 0.2) is 83.2 Å². The summed E-state index contributed by atoms with van der Waals surface area (Å²) < 4.78 is 1.74. The van der Waals surface area contributed by atoms with E-state index < -0.39 is 6.04 Å². The van der Waals surface area contributed by atoms with E-state index in [4.69, 9.17) is 33.3 Å². The smallest absolute Gasteiger partial charge is 0.255 e. The minimum Gasteiger partial charge on any atom is -0.328 e. The van der Waals surface area contributed by atoms with Gasteiger partial charge in [0.25, 0.3) is 5.91 Å². The third-order valence-electron chi connectivity index (χ3n) is 6.45. The highest BCUT2D eigenvalue weighted by Crippen LogP contribution is 2.39. The molecule has 3 aromatic carbocycles. The summed E-state index contributed by atoms with van der Waals surface area (Å²) in [5.74, 6) is 0.939. The van der Waals surface area contributed by atoms with Crippen molar-refractivity contribution < 1.29 is 4.79 Å². The second-order valence-electron chi connectivity index (χ2n) is 8.83. The largest absolute Gasteiger partial charge is 0.328 e. The monoisotopic (exact) mass is 549 g/mol. The second-order valence-corrected chi connectivity index (χ2v) is 10.6. The zero-order chi connectivity index (χ0) is 26.1. The maximum Gasteiger partial charge on any atom is 0.255 e. The lowest BCUT2D eigenvalue weighted by Gasteiger charge is -2.29. The number of aromatic nitrogens is 3. The molecule has 2 N–H and O–H groups in total. The molecule has 1 aliphatic rings. The number of allylic oxidation sites excluding steroid dienone is 1. The molecule has 188 valence electrons. The zero-order valence-electron chi connectivity index (χ0n) is 20.5. The summed E-state index contributed by atoms with van der Waals surface area (Å²) in [4.78, 5) is 18.5. The lowest BCUT2D eigenvalue weighted by atomic mass is 9.94. The van der Waals surface area contributed by atoms with Crippen LogP contribution in [-0.2, 0) is 10.5 Å². The Hall–Kier alpha value is -3.26. The third kappa shape index (κ3) is 5.12. The number of anilines is 2. The number of rotatable bonds is 6. The Labute approximate surface area is 230 Å². The normalized spacial score (nSPS) is 14.8.